The maximum absolute atomic E-state index is 13.0. The fourth-order valence-electron chi connectivity index (χ4n) is 2.68. The molecule has 6 heteroatoms. The van der Waals surface area contributed by atoms with Gasteiger partial charge >= 0.3 is 0 Å². The van der Waals surface area contributed by atoms with Crippen LogP contribution in [0.5, 0.6) is 5.75 Å². The number of benzene rings is 2. The first-order valence-corrected chi connectivity index (χ1v) is 9.38. The molecule has 0 saturated carbocycles. The van der Waals surface area contributed by atoms with Crippen molar-refractivity contribution >= 4 is 38.4 Å². The number of halogens is 1. The van der Waals surface area contributed by atoms with Crippen molar-refractivity contribution in [2.24, 2.45) is 5.41 Å². The third-order valence-electron chi connectivity index (χ3n) is 4.41. The molecule has 0 atom stereocenters. The Kier molecular flexibility index (Phi) is 5.20. The van der Waals surface area contributed by atoms with Crippen molar-refractivity contribution in [3.8, 4) is 5.75 Å². The molecule has 0 saturated heterocycles. The number of fused-ring (bicyclic) bond motifs is 1. The van der Waals surface area contributed by atoms with E-state index in [1.807, 2.05) is 39.0 Å². The number of hydrogen-bond donors (Lipinski definition) is 0. The molecule has 0 fully saturated rings. The molecule has 0 radical (unpaired) electrons. The minimum absolute atomic E-state index is 0.0392. The van der Waals surface area contributed by atoms with Crippen molar-refractivity contribution in [3.05, 3.63) is 58.2 Å². The number of carbonyl (C=O) groups excluding carboxylic acids is 2. The zero-order valence-corrected chi connectivity index (χ0v) is 17.3. The molecule has 1 heterocycles. The second kappa shape index (κ2) is 7.27. The molecule has 0 aliphatic rings. The molecule has 0 spiro atoms. The van der Waals surface area contributed by atoms with Gasteiger partial charge in [0.25, 0.3) is 0 Å². The van der Waals surface area contributed by atoms with Crippen molar-refractivity contribution in [2.75, 3.05) is 7.11 Å². The summed E-state index contributed by atoms with van der Waals surface area (Å²) >= 11 is 3.37. The normalized spacial score (nSPS) is 11.6. The number of ketones is 2. The predicted octanol–water partition coefficient (Wildman–Crippen LogP) is 4.65. The average molecular weight is 429 g/mol. The highest BCUT2D eigenvalue weighted by molar-refractivity contribution is 9.10. The molecule has 3 rings (SSSR count). The molecule has 140 valence electrons. The Balaban J connectivity index is 2.11. The number of methoxy groups -OCH3 is 1. The Bertz CT molecular complexity index is 1010. The van der Waals surface area contributed by atoms with Gasteiger partial charge in [0.15, 0.2) is 5.78 Å². The monoisotopic (exact) mass is 428 g/mol. The molecule has 0 N–H and O–H groups in total. The molecule has 1 aromatic heterocycles. The molecule has 0 amide bonds. The smallest absolute Gasteiger partial charge is 0.213 e. The van der Waals surface area contributed by atoms with Crippen LogP contribution in [0.2, 0.25) is 0 Å². The summed E-state index contributed by atoms with van der Waals surface area (Å²) in [5, 5.41) is 5.20. The number of nitrogens with zero attached hydrogens (tertiary/aromatic N) is 2. The zero-order valence-electron chi connectivity index (χ0n) is 15.7. The van der Waals surface area contributed by atoms with E-state index in [-0.39, 0.29) is 18.1 Å². The third kappa shape index (κ3) is 3.95. The second-order valence-electron chi connectivity index (χ2n) is 7.40. The van der Waals surface area contributed by atoms with E-state index in [2.05, 4.69) is 21.0 Å². The van der Waals surface area contributed by atoms with Gasteiger partial charge in [-0.3, -0.25) is 14.3 Å². The number of hydrogen-bond acceptors (Lipinski definition) is 4. The van der Waals surface area contributed by atoms with Gasteiger partial charge in [0.1, 0.15) is 18.0 Å². The van der Waals surface area contributed by atoms with Gasteiger partial charge in [-0.15, -0.1) is 0 Å². The van der Waals surface area contributed by atoms with Crippen LogP contribution in [0.3, 0.4) is 0 Å². The maximum Gasteiger partial charge on any atom is 0.213 e. The van der Waals surface area contributed by atoms with E-state index in [0.29, 0.717) is 27.9 Å². The zero-order chi connectivity index (χ0) is 19.8. The van der Waals surface area contributed by atoms with Crippen LogP contribution in [-0.2, 0) is 11.3 Å². The minimum atomic E-state index is -0.493. The summed E-state index contributed by atoms with van der Waals surface area (Å²) in [6, 6.07) is 12.5. The Morgan fingerprint density at radius 2 is 1.78 bits per heavy atom. The SMILES string of the molecule is COc1ccc2c(C(=O)c3ccc(Br)cc3)nn(CC(=O)C(C)(C)C)c2c1. The molecular weight excluding hydrogens is 408 g/mol. The van der Waals surface area contributed by atoms with Crippen LogP contribution >= 0.6 is 15.9 Å². The molecule has 0 aliphatic heterocycles. The second-order valence-corrected chi connectivity index (χ2v) is 8.31. The van der Waals surface area contributed by atoms with Crippen molar-refractivity contribution in [3.63, 3.8) is 0 Å². The van der Waals surface area contributed by atoms with Crippen molar-refractivity contribution in [1.29, 1.82) is 0 Å². The molecule has 0 unspecified atom stereocenters. The number of carbonyl (C=O) groups is 2. The van der Waals surface area contributed by atoms with Gasteiger partial charge < -0.3 is 4.74 Å². The first-order chi connectivity index (χ1) is 12.7. The summed E-state index contributed by atoms with van der Waals surface area (Å²) in [5.74, 6) is 0.506. The van der Waals surface area contributed by atoms with E-state index >= 15 is 0 Å². The molecule has 0 aliphatic carbocycles. The van der Waals surface area contributed by atoms with Crippen molar-refractivity contribution < 1.29 is 14.3 Å². The average Bonchev–Trinajstić information content (AvgIpc) is 2.98. The summed E-state index contributed by atoms with van der Waals surface area (Å²) in [4.78, 5) is 25.6. The lowest BCUT2D eigenvalue weighted by Crippen LogP contribution is -2.25. The summed E-state index contributed by atoms with van der Waals surface area (Å²) in [7, 11) is 1.58. The lowest BCUT2D eigenvalue weighted by molar-refractivity contribution is -0.127. The lowest BCUT2D eigenvalue weighted by atomic mass is 9.91. The molecular formula is C21H21BrN2O3. The molecule has 3 aromatic rings. The minimum Gasteiger partial charge on any atom is -0.497 e. The highest BCUT2D eigenvalue weighted by Gasteiger charge is 2.25. The van der Waals surface area contributed by atoms with E-state index in [4.69, 9.17) is 4.74 Å². The molecule has 0 bridgehead atoms. The van der Waals surface area contributed by atoms with Gasteiger partial charge in [0, 0.05) is 26.9 Å². The standard InChI is InChI=1S/C21H21BrN2O3/c1-21(2,3)18(25)12-24-17-11-15(27-4)9-10-16(17)19(23-24)20(26)13-5-7-14(22)8-6-13/h5-11H,12H2,1-4H3. The van der Waals surface area contributed by atoms with Gasteiger partial charge in [-0.1, -0.05) is 36.7 Å². The fourth-order valence-corrected chi connectivity index (χ4v) is 2.94. The first kappa shape index (κ1) is 19.3. The van der Waals surface area contributed by atoms with Crippen LogP contribution in [0.15, 0.2) is 46.9 Å². The summed E-state index contributed by atoms with van der Waals surface area (Å²) < 4.78 is 7.79. The van der Waals surface area contributed by atoms with Gasteiger partial charge in [-0.2, -0.15) is 5.10 Å². The molecule has 27 heavy (non-hydrogen) atoms. The topological polar surface area (TPSA) is 61.2 Å². The van der Waals surface area contributed by atoms with Gasteiger partial charge in [0.2, 0.25) is 5.78 Å². The van der Waals surface area contributed by atoms with Crippen LogP contribution < -0.4 is 4.74 Å². The Hall–Kier alpha value is -2.47. The Labute approximate surface area is 166 Å². The van der Waals surface area contributed by atoms with E-state index in [1.54, 1.807) is 36.1 Å². The number of rotatable bonds is 5. The quantitative estimate of drug-likeness (QED) is 0.554. The summed E-state index contributed by atoms with van der Waals surface area (Å²) in [6.07, 6.45) is 0. The fraction of sp³-hybridized carbons (Fsp3) is 0.286. The number of aromatic nitrogens is 2. The first-order valence-electron chi connectivity index (χ1n) is 8.59. The maximum atomic E-state index is 13.0. The van der Waals surface area contributed by atoms with E-state index in [1.165, 1.54) is 0 Å². The number of ether oxygens (including phenoxy) is 1. The van der Waals surface area contributed by atoms with Crippen molar-refractivity contribution in [1.82, 2.24) is 9.78 Å². The molecule has 5 nitrogen and oxygen atoms in total. The number of Topliss-reactive ketones (excluding diaryl/α,β-unsaturated/α-hetero) is 1. The lowest BCUT2D eigenvalue weighted by Gasteiger charge is -2.16. The predicted molar refractivity (Wildman–Crippen MR) is 108 cm³/mol. The van der Waals surface area contributed by atoms with E-state index in [9.17, 15) is 9.59 Å². The van der Waals surface area contributed by atoms with Crippen LogP contribution in [0.4, 0.5) is 0 Å². The highest BCUT2D eigenvalue weighted by Crippen LogP contribution is 2.27. The van der Waals surface area contributed by atoms with E-state index in [0.717, 1.165) is 4.47 Å². The van der Waals surface area contributed by atoms with Crippen LogP contribution in [0, 0.1) is 5.41 Å². The van der Waals surface area contributed by atoms with Gasteiger partial charge in [0.05, 0.1) is 12.6 Å². The summed E-state index contributed by atoms with van der Waals surface area (Å²) in [5.41, 5.74) is 1.08. The van der Waals surface area contributed by atoms with Crippen molar-refractivity contribution in [2.45, 2.75) is 27.3 Å². The van der Waals surface area contributed by atoms with Gasteiger partial charge in [-0.25, -0.2) is 0 Å². The molecule has 2 aromatic carbocycles. The Morgan fingerprint density at radius 1 is 1.11 bits per heavy atom. The van der Waals surface area contributed by atoms with Crippen LogP contribution in [-0.4, -0.2) is 28.5 Å². The van der Waals surface area contributed by atoms with Crippen LogP contribution in [0.1, 0.15) is 36.8 Å². The largest absolute Gasteiger partial charge is 0.497 e. The third-order valence-corrected chi connectivity index (χ3v) is 4.94. The van der Waals surface area contributed by atoms with Gasteiger partial charge in [-0.05, 0) is 36.4 Å². The highest BCUT2D eigenvalue weighted by atomic mass is 79.9. The van der Waals surface area contributed by atoms with Crippen LogP contribution in [0.25, 0.3) is 10.9 Å². The Morgan fingerprint density at radius 3 is 2.37 bits per heavy atom. The summed E-state index contributed by atoms with van der Waals surface area (Å²) in [6.45, 7) is 5.71. The van der Waals surface area contributed by atoms with E-state index < -0.39 is 5.41 Å².